The molecule has 2 rings (SSSR count). The second kappa shape index (κ2) is 4.68. The Labute approximate surface area is 104 Å². The van der Waals surface area contributed by atoms with Gasteiger partial charge in [0, 0.05) is 15.2 Å². The maximum absolute atomic E-state index is 10.8. The molecule has 1 N–H and O–H groups in total. The van der Waals surface area contributed by atoms with Crippen LogP contribution in [0.4, 0.5) is 0 Å². The molecule has 4 heteroatoms. The summed E-state index contributed by atoms with van der Waals surface area (Å²) < 4.78 is 0. The van der Waals surface area contributed by atoms with Crippen molar-refractivity contribution < 1.29 is 9.90 Å². The fourth-order valence-corrected chi connectivity index (χ4v) is 3.56. The van der Waals surface area contributed by atoms with Crippen LogP contribution in [0.15, 0.2) is 23.1 Å². The van der Waals surface area contributed by atoms with E-state index in [1.165, 1.54) is 10.5 Å². The fourth-order valence-electron chi connectivity index (χ4n) is 1.92. The number of hydrogen-bond donors (Lipinski definition) is 1. The van der Waals surface area contributed by atoms with Gasteiger partial charge in [0.05, 0.1) is 5.92 Å². The molecule has 0 radical (unpaired) electrons. The number of aliphatic carboxylic acids is 1. The minimum Gasteiger partial charge on any atom is -0.481 e. The van der Waals surface area contributed by atoms with Gasteiger partial charge in [0.15, 0.2) is 0 Å². The fraction of sp³-hybridized carbons (Fsp3) is 0.417. The van der Waals surface area contributed by atoms with Crippen LogP contribution in [-0.4, -0.2) is 16.3 Å². The van der Waals surface area contributed by atoms with E-state index < -0.39 is 5.97 Å². The molecule has 1 aliphatic heterocycles. The highest BCUT2D eigenvalue weighted by molar-refractivity contribution is 8.00. The molecular formula is C12H13ClO2S. The Morgan fingerprint density at radius 3 is 3.12 bits per heavy atom. The second-order valence-corrected chi connectivity index (χ2v) is 5.95. The van der Waals surface area contributed by atoms with Crippen LogP contribution in [0.3, 0.4) is 0 Å². The SMILES string of the molecule is CC(CC1Cc2cc(Cl)ccc2S1)C(=O)O. The summed E-state index contributed by atoms with van der Waals surface area (Å²) in [5, 5.41) is 10.0. The van der Waals surface area contributed by atoms with Crippen molar-refractivity contribution >= 4 is 29.3 Å². The van der Waals surface area contributed by atoms with E-state index >= 15 is 0 Å². The summed E-state index contributed by atoms with van der Waals surface area (Å²) in [5.41, 5.74) is 1.25. The molecule has 0 aromatic heterocycles. The van der Waals surface area contributed by atoms with E-state index in [2.05, 4.69) is 0 Å². The van der Waals surface area contributed by atoms with E-state index in [0.29, 0.717) is 11.7 Å². The van der Waals surface area contributed by atoms with Crippen LogP contribution in [0.25, 0.3) is 0 Å². The first-order valence-electron chi connectivity index (χ1n) is 5.24. The molecule has 1 heterocycles. The van der Waals surface area contributed by atoms with E-state index in [9.17, 15) is 4.79 Å². The number of fused-ring (bicyclic) bond motifs is 1. The van der Waals surface area contributed by atoms with Crippen LogP contribution >= 0.6 is 23.4 Å². The first kappa shape index (κ1) is 11.8. The molecule has 1 aromatic rings. The van der Waals surface area contributed by atoms with Gasteiger partial charge in [-0.05, 0) is 36.6 Å². The number of carbonyl (C=O) groups is 1. The molecule has 0 saturated heterocycles. The van der Waals surface area contributed by atoms with Gasteiger partial charge >= 0.3 is 5.97 Å². The lowest BCUT2D eigenvalue weighted by Gasteiger charge is -2.11. The highest BCUT2D eigenvalue weighted by Gasteiger charge is 2.26. The molecule has 0 amide bonds. The Kier molecular flexibility index (Phi) is 3.45. The van der Waals surface area contributed by atoms with Gasteiger partial charge in [-0.25, -0.2) is 0 Å². The second-order valence-electron chi connectivity index (χ2n) is 4.17. The van der Waals surface area contributed by atoms with Crippen molar-refractivity contribution in [1.29, 1.82) is 0 Å². The Balaban J connectivity index is 2.03. The van der Waals surface area contributed by atoms with Crippen molar-refractivity contribution in [3.05, 3.63) is 28.8 Å². The molecule has 16 heavy (non-hydrogen) atoms. The molecule has 0 saturated carbocycles. The van der Waals surface area contributed by atoms with Crippen LogP contribution < -0.4 is 0 Å². The van der Waals surface area contributed by atoms with Crippen LogP contribution in [0.5, 0.6) is 0 Å². The summed E-state index contributed by atoms with van der Waals surface area (Å²) in [4.78, 5) is 12.0. The van der Waals surface area contributed by atoms with Gasteiger partial charge in [-0.2, -0.15) is 0 Å². The van der Waals surface area contributed by atoms with E-state index in [4.69, 9.17) is 16.7 Å². The number of hydrogen-bond acceptors (Lipinski definition) is 2. The zero-order chi connectivity index (χ0) is 11.7. The van der Waals surface area contributed by atoms with Gasteiger partial charge in [-0.1, -0.05) is 18.5 Å². The molecular weight excluding hydrogens is 244 g/mol. The van der Waals surface area contributed by atoms with Gasteiger partial charge in [-0.3, -0.25) is 4.79 Å². The van der Waals surface area contributed by atoms with Crippen molar-refractivity contribution in [3.8, 4) is 0 Å². The number of rotatable bonds is 3. The molecule has 2 atom stereocenters. The topological polar surface area (TPSA) is 37.3 Å². The van der Waals surface area contributed by atoms with Crippen LogP contribution in [-0.2, 0) is 11.2 Å². The van der Waals surface area contributed by atoms with Crippen molar-refractivity contribution in [2.75, 3.05) is 0 Å². The summed E-state index contributed by atoms with van der Waals surface area (Å²) >= 11 is 7.69. The smallest absolute Gasteiger partial charge is 0.306 e. The lowest BCUT2D eigenvalue weighted by Crippen LogP contribution is -2.15. The molecule has 2 nitrogen and oxygen atoms in total. The minimum atomic E-state index is -0.713. The Bertz CT molecular complexity index is 419. The van der Waals surface area contributed by atoms with Crippen LogP contribution in [0, 0.1) is 5.92 Å². The molecule has 2 unspecified atom stereocenters. The largest absolute Gasteiger partial charge is 0.481 e. The lowest BCUT2D eigenvalue weighted by atomic mass is 10.0. The van der Waals surface area contributed by atoms with Crippen molar-refractivity contribution in [2.45, 2.75) is 29.9 Å². The zero-order valence-electron chi connectivity index (χ0n) is 8.94. The maximum atomic E-state index is 10.8. The molecule has 1 aromatic carbocycles. The van der Waals surface area contributed by atoms with E-state index in [1.54, 1.807) is 18.7 Å². The molecule has 86 valence electrons. The highest BCUT2D eigenvalue weighted by Crippen LogP contribution is 2.40. The summed E-state index contributed by atoms with van der Waals surface area (Å²) in [5.74, 6) is -0.989. The van der Waals surface area contributed by atoms with Crippen molar-refractivity contribution in [1.82, 2.24) is 0 Å². The van der Waals surface area contributed by atoms with Gasteiger partial charge in [0.2, 0.25) is 0 Å². The third-order valence-corrected chi connectivity index (χ3v) is 4.38. The Hall–Kier alpha value is -0.670. The number of benzene rings is 1. The molecule has 0 aliphatic carbocycles. The minimum absolute atomic E-state index is 0.276. The molecule has 1 aliphatic rings. The van der Waals surface area contributed by atoms with Crippen LogP contribution in [0.1, 0.15) is 18.9 Å². The molecule has 0 bridgehead atoms. The van der Waals surface area contributed by atoms with E-state index in [1.807, 2.05) is 18.2 Å². The van der Waals surface area contributed by atoms with Crippen molar-refractivity contribution in [3.63, 3.8) is 0 Å². The maximum Gasteiger partial charge on any atom is 0.306 e. The van der Waals surface area contributed by atoms with Crippen molar-refractivity contribution in [2.24, 2.45) is 5.92 Å². The predicted octanol–water partition coefficient (Wildman–Crippen LogP) is 3.47. The van der Waals surface area contributed by atoms with Gasteiger partial charge in [0.1, 0.15) is 0 Å². The van der Waals surface area contributed by atoms with Gasteiger partial charge in [-0.15, -0.1) is 11.8 Å². The third kappa shape index (κ3) is 2.53. The Morgan fingerprint density at radius 1 is 1.69 bits per heavy atom. The monoisotopic (exact) mass is 256 g/mol. The highest BCUT2D eigenvalue weighted by atomic mass is 35.5. The standard InChI is InChI=1S/C12H13ClO2S/c1-7(12(14)15)4-10-6-8-5-9(13)2-3-11(8)16-10/h2-3,5,7,10H,4,6H2,1H3,(H,14,15). The molecule has 0 spiro atoms. The van der Waals surface area contributed by atoms with Gasteiger partial charge < -0.3 is 5.11 Å². The summed E-state index contributed by atoms with van der Waals surface area (Å²) in [6, 6.07) is 5.89. The molecule has 0 fully saturated rings. The average Bonchev–Trinajstić information content (AvgIpc) is 2.58. The zero-order valence-corrected chi connectivity index (χ0v) is 10.5. The lowest BCUT2D eigenvalue weighted by molar-refractivity contribution is -0.141. The first-order valence-corrected chi connectivity index (χ1v) is 6.50. The van der Waals surface area contributed by atoms with Gasteiger partial charge in [0.25, 0.3) is 0 Å². The normalized spacial score (nSPS) is 20.5. The summed E-state index contributed by atoms with van der Waals surface area (Å²) in [6.07, 6.45) is 1.64. The average molecular weight is 257 g/mol. The number of carboxylic acids is 1. The number of halogens is 1. The number of thioether (sulfide) groups is 1. The van der Waals surface area contributed by atoms with Crippen LogP contribution in [0.2, 0.25) is 5.02 Å². The first-order chi connectivity index (χ1) is 7.56. The van der Waals surface area contributed by atoms with E-state index in [0.717, 1.165) is 11.4 Å². The quantitative estimate of drug-likeness (QED) is 0.900. The summed E-state index contributed by atoms with van der Waals surface area (Å²) in [7, 11) is 0. The number of carboxylic acid groups (broad SMARTS) is 1. The van der Waals surface area contributed by atoms with E-state index in [-0.39, 0.29) is 5.92 Å². The Morgan fingerprint density at radius 2 is 2.44 bits per heavy atom. The third-order valence-electron chi connectivity index (χ3n) is 2.80. The predicted molar refractivity (Wildman–Crippen MR) is 66.2 cm³/mol. The summed E-state index contributed by atoms with van der Waals surface area (Å²) in [6.45, 7) is 1.76.